The van der Waals surface area contributed by atoms with Gasteiger partial charge < -0.3 is 15.5 Å². The van der Waals surface area contributed by atoms with Crippen LogP contribution in [0.1, 0.15) is 0 Å². The number of nitrogens with zero attached hydrogens (tertiary/aromatic N) is 1. The molecule has 3 aliphatic heterocycles. The smallest absolute Gasteiger partial charge is 0.279 e. The van der Waals surface area contributed by atoms with Gasteiger partial charge in [0.15, 0.2) is 0 Å². The Morgan fingerprint density at radius 1 is 1.31 bits per heavy atom. The summed E-state index contributed by atoms with van der Waals surface area (Å²) in [5.41, 5.74) is 0. The number of amides is 2. The molecule has 0 aliphatic carbocycles. The summed E-state index contributed by atoms with van der Waals surface area (Å²) < 4.78 is 0. The standard InChI is InChI=1S/C10H15N3O2S/c14-9(8-5-16-10(15)12-8)13-3-6-1-11-2-7(6)4-13/h6-8,11H,1-5H2,(H,12,15)/t6-,7+,8?. The van der Waals surface area contributed by atoms with E-state index >= 15 is 0 Å². The predicted molar refractivity (Wildman–Crippen MR) is 61.2 cm³/mol. The molecule has 0 saturated carbocycles. The number of hydrogen-bond acceptors (Lipinski definition) is 4. The topological polar surface area (TPSA) is 61.4 Å². The van der Waals surface area contributed by atoms with Gasteiger partial charge in [-0.15, -0.1) is 0 Å². The fraction of sp³-hybridized carbons (Fsp3) is 0.800. The lowest BCUT2D eigenvalue weighted by Crippen LogP contribution is -2.45. The summed E-state index contributed by atoms with van der Waals surface area (Å²) in [6.45, 7) is 3.77. The molecule has 6 heteroatoms. The number of nitrogens with one attached hydrogen (secondary N) is 2. The van der Waals surface area contributed by atoms with E-state index in [2.05, 4.69) is 10.6 Å². The van der Waals surface area contributed by atoms with Crippen molar-refractivity contribution in [3.8, 4) is 0 Å². The van der Waals surface area contributed by atoms with Crippen molar-refractivity contribution in [1.82, 2.24) is 15.5 Å². The SMILES string of the molecule is O=C1NC(C(=O)N2C[C@H]3CNC[C@H]3C2)CS1. The van der Waals surface area contributed by atoms with Gasteiger partial charge in [0.2, 0.25) is 5.91 Å². The molecule has 3 aliphatic rings. The normalized spacial score (nSPS) is 37.6. The van der Waals surface area contributed by atoms with Crippen molar-refractivity contribution in [3.05, 3.63) is 0 Å². The van der Waals surface area contributed by atoms with Gasteiger partial charge in [-0.1, -0.05) is 11.8 Å². The van der Waals surface area contributed by atoms with Crippen LogP contribution in [0.2, 0.25) is 0 Å². The number of fused-ring (bicyclic) bond motifs is 1. The molecule has 3 heterocycles. The summed E-state index contributed by atoms with van der Waals surface area (Å²) in [7, 11) is 0. The minimum absolute atomic E-state index is 0.0700. The van der Waals surface area contributed by atoms with E-state index in [1.54, 1.807) is 0 Å². The van der Waals surface area contributed by atoms with Crippen LogP contribution in [0.15, 0.2) is 0 Å². The van der Waals surface area contributed by atoms with E-state index in [4.69, 9.17) is 0 Å². The molecule has 0 bridgehead atoms. The molecule has 16 heavy (non-hydrogen) atoms. The number of rotatable bonds is 1. The molecule has 0 aromatic rings. The third-order valence-corrected chi connectivity index (χ3v) is 4.55. The molecule has 0 radical (unpaired) electrons. The maximum atomic E-state index is 12.1. The van der Waals surface area contributed by atoms with Crippen molar-refractivity contribution in [3.63, 3.8) is 0 Å². The first-order chi connectivity index (χ1) is 7.74. The lowest BCUT2D eigenvalue weighted by molar-refractivity contribution is -0.131. The molecule has 0 aromatic heterocycles. The quantitative estimate of drug-likeness (QED) is 0.649. The first kappa shape index (κ1) is 10.4. The molecule has 5 nitrogen and oxygen atoms in total. The Labute approximate surface area is 98.3 Å². The largest absolute Gasteiger partial charge is 0.340 e. The van der Waals surface area contributed by atoms with Crippen LogP contribution in [-0.4, -0.2) is 54.0 Å². The highest BCUT2D eigenvalue weighted by molar-refractivity contribution is 8.14. The monoisotopic (exact) mass is 241 g/mol. The molecule has 3 fully saturated rings. The first-order valence-electron chi connectivity index (χ1n) is 5.67. The highest BCUT2D eigenvalue weighted by Gasteiger charge is 2.41. The number of thioether (sulfide) groups is 1. The predicted octanol–water partition coefficient (Wildman–Crippen LogP) is -0.511. The molecule has 0 aromatic carbocycles. The van der Waals surface area contributed by atoms with Gasteiger partial charge in [0.1, 0.15) is 6.04 Å². The van der Waals surface area contributed by atoms with Gasteiger partial charge in [0.05, 0.1) is 0 Å². The van der Waals surface area contributed by atoms with Gasteiger partial charge in [-0.05, 0) is 11.8 Å². The number of hydrogen-bond donors (Lipinski definition) is 2. The van der Waals surface area contributed by atoms with E-state index < -0.39 is 0 Å². The van der Waals surface area contributed by atoms with Crippen LogP contribution in [-0.2, 0) is 4.79 Å². The Hall–Kier alpha value is -0.750. The fourth-order valence-electron chi connectivity index (χ4n) is 2.77. The number of carbonyl (C=O) groups excluding carboxylic acids is 2. The maximum absolute atomic E-state index is 12.1. The summed E-state index contributed by atoms with van der Waals surface area (Å²) in [5, 5.41) is 5.99. The van der Waals surface area contributed by atoms with Crippen molar-refractivity contribution in [2.45, 2.75) is 6.04 Å². The molecular weight excluding hydrogens is 226 g/mol. The third kappa shape index (κ3) is 1.69. The summed E-state index contributed by atoms with van der Waals surface area (Å²) in [6.07, 6.45) is 0. The number of likely N-dealkylation sites (tertiary alicyclic amines) is 1. The van der Waals surface area contributed by atoms with Crippen LogP contribution >= 0.6 is 11.8 Å². The third-order valence-electron chi connectivity index (χ3n) is 3.67. The van der Waals surface area contributed by atoms with Gasteiger partial charge in [-0.3, -0.25) is 9.59 Å². The van der Waals surface area contributed by atoms with Crippen molar-refractivity contribution < 1.29 is 9.59 Å². The Bertz CT molecular complexity index is 324. The zero-order chi connectivity index (χ0) is 11.1. The van der Waals surface area contributed by atoms with E-state index in [0.29, 0.717) is 17.6 Å². The Morgan fingerprint density at radius 3 is 2.56 bits per heavy atom. The molecule has 2 N–H and O–H groups in total. The Balaban J connectivity index is 1.62. The summed E-state index contributed by atoms with van der Waals surface area (Å²) in [6, 6.07) is -0.288. The molecule has 88 valence electrons. The lowest BCUT2D eigenvalue weighted by Gasteiger charge is -2.20. The molecular formula is C10H15N3O2S. The van der Waals surface area contributed by atoms with Crippen molar-refractivity contribution in [2.24, 2.45) is 11.8 Å². The summed E-state index contributed by atoms with van der Waals surface area (Å²) in [5.74, 6) is 1.93. The highest BCUT2D eigenvalue weighted by atomic mass is 32.2. The second-order valence-corrected chi connectivity index (χ2v) is 5.71. The fourth-order valence-corrected chi connectivity index (χ4v) is 3.54. The molecule has 2 amide bonds. The van der Waals surface area contributed by atoms with Gasteiger partial charge in [-0.25, -0.2) is 0 Å². The average Bonchev–Trinajstić information content (AvgIpc) is 2.89. The molecule has 3 saturated heterocycles. The van der Waals surface area contributed by atoms with Crippen molar-refractivity contribution in [1.29, 1.82) is 0 Å². The summed E-state index contributed by atoms with van der Waals surface area (Å²) in [4.78, 5) is 25.1. The lowest BCUT2D eigenvalue weighted by atomic mass is 10.0. The van der Waals surface area contributed by atoms with Gasteiger partial charge >= 0.3 is 0 Å². The zero-order valence-electron chi connectivity index (χ0n) is 8.94. The minimum atomic E-state index is -0.288. The zero-order valence-corrected chi connectivity index (χ0v) is 9.76. The van der Waals surface area contributed by atoms with Crippen LogP contribution in [0, 0.1) is 11.8 Å². The van der Waals surface area contributed by atoms with Gasteiger partial charge in [0, 0.05) is 31.9 Å². The highest BCUT2D eigenvalue weighted by Crippen LogP contribution is 2.27. The van der Waals surface area contributed by atoms with Crippen molar-refractivity contribution >= 4 is 22.9 Å². The van der Waals surface area contributed by atoms with Crippen molar-refractivity contribution in [2.75, 3.05) is 31.9 Å². The van der Waals surface area contributed by atoms with Gasteiger partial charge in [-0.2, -0.15) is 0 Å². The average molecular weight is 241 g/mol. The minimum Gasteiger partial charge on any atom is -0.340 e. The van der Waals surface area contributed by atoms with E-state index in [9.17, 15) is 9.59 Å². The second-order valence-electron chi connectivity index (χ2n) is 4.72. The van der Waals surface area contributed by atoms with Crippen LogP contribution in [0.3, 0.4) is 0 Å². The van der Waals surface area contributed by atoms with E-state index in [0.717, 1.165) is 26.2 Å². The van der Waals surface area contributed by atoms with Crippen LogP contribution in [0.5, 0.6) is 0 Å². The second kappa shape index (κ2) is 3.92. The maximum Gasteiger partial charge on any atom is 0.279 e. The summed E-state index contributed by atoms with van der Waals surface area (Å²) >= 11 is 1.20. The van der Waals surface area contributed by atoms with Crippen LogP contribution in [0.25, 0.3) is 0 Å². The molecule has 3 atom stereocenters. The van der Waals surface area contributed by atoms with E-state index in [-0.39, 0.29) is 17.2 Å². The van der Waals surface area contributed by atoms with Gasteiger partial charge in [0.25, 0.3) is 5.24 Å². The Kier molecular flexibility index (Phi) is 2.55. The molecule has 0 spiro atoms. The number of carbonyl (C=O) groups is 2. The van der Waals surface area contributed by atoms with Crippen LogP contribution < -0.4 is 10.6 Å². The molecule has 1 unspecified atom stereocenters. The van der Waals surface area contributed by atoms with E-state index in [1.807, 2.05) is 4.90 Å². The first-order valence-corrected chi connectivity index (χ1v) is 6.65. The Morgan fingerprint density at radius 2 is 2.00 bits per heavy atom. The van der Waals surface area contributed by atoms with E-state index in [1.165, 1.54) is 11.8 Å². The van der Waals surface area contributed by atoms with Crippen LogP contribution in [0.4, 0.5) is 4.79 Å². The molecule has 3 rings (SSSR count).